The minimum Gasteiger partial charge on any atom is -0.491 e. The number of anilines is 2. The van der Waals surface area contributed by atoms with Gasteiger partial charge in [0.2, 0.25) is 23.7 Å². The smallest absolute Gasteiger partial charge is 0.276 e. The normalized spacial score (nSPS) is 14.9. The van der Waals surface area contributed by atoms with Gasteiger partial charge in [-0.1, -0.05) is 18.2 Å². The fraction of sp³-hybridized carbons (Fsp3) is 0.429. The summed E-state index contributed by atoms with van der Waals surface area (Å²) in [5.74, 6) is 1.30. The van der Waals surface area contributed by atoms with Gasteiger partial charge in [-0.15, -0.1) is 10.2 Å². The summed E-state index contributed by atoms with van der Waals surface area (Å²) < 4.78 is 15.6. The number of aliphatic hydroxyl groups excluding tert-OH is 1. The van der Waals surface area contributed by atoms with Crippen LogP contribution in [-0.2, 0) is 44.1 Å². The summed E-state index contributed by atoms with van der Waals surface area (Å²) in [6.45, 7) is 13.3. The van der Waals surface area contributed by atoms with E-state index < -0.39 is 23.9 Å². The first kappa shape index (κ1) is 50.2. The lowest BCUT2D eigenvalue weighted by Gasteiger charge is -2.33. The molecular formula is C49H62N18O6. The standard InChI is InChI=1S/C49H62N18O6/c1-5-66-37(22-29(3)59-66)46(71)55-48-53-34-24-32(43(51)69)10-11-36(34)63(48)15-7-8-16-65-42-35(54-49(65)56-47(72)38-23-30(4)60-67(38)6-2)25-33(44(52)70)26-39(42)73-21-9-14-61-17-12-31(13-18-61)45-58-57-40-28-62(41(68)27-50)19-20-64(40)45/h7-8,10-11,22-26,31,43,69H,5-6,9,12-21,27-28,50-51H2,1-4H3,(H2,52,70)(H,53,55,71)(H,54,56,72)/b8-7+. The van der Waals surface area contributed by atoms with E-state index in [2.05, 4.69) is 40.5 Å². The maximum Gasteiger partial charge on any atom is 0.276 e. The first-order valence-corrected chi connectivity index (χ1v) is 24.6. The third kappa shape index (κ3) is 10.6. The van der Waals surface area contributed by atoms with Gasteiger partial charge in [0.1, 0.15) is 34.7 Å². The molecule has 5 aromatic heterocycles. The number of nitrogens with two attached hydrogens (primary N) is 3. The number of hydrogen-bond acceptors (Lipinski definition) is 15. The predicted octanol–water partition coefficient (Wildman–Crippen LogP) is 2.79. The van der Waals surface area contributed by atoms with Crippen molar-refractivity contribution in [3.05, 3.63) is 100 Å². The number of allylic oxidation sites excluding steroid dienone is 2. The Balaban J connectivity index is 0.949. The third-order valence-corrected chi connectivity index (χ3v) is 13.4. The summed E-state index contributed by atoms with van der Waals surface area (Å²) >= 11 is 0. The molecule has 0 radical (unpaired) electrons. The second kappa shape index (κ2) is 21.5. The number of piperidine rings is 1. The highest BCUT2D eigenvalue weighted by Gasteiger charge is 2.30. The first-order valence-electron chi connectivity index (χ1n) is 24.6. The topological polar surface area (TPSA) is 308 Å². The van der Waals surface area contributed by atoms with E-state index in [0.717, 1.165) is 44.1 Å². The van der Waals surface area contributed by atoms with E-state index >= 15 is 0 Å². The van der Waals surface area contributed by atoms with Crippen molar-refractivity contribution in [1.82, 2.24) is 63.2 Å². The fourth-order valence-corrected chi connectivity index (χ4v) is 9.71. The van der Waals surface area contributed by atoms with E-state index in [9.17, 15) is 24.3 Å². The molecule has 1 fully saturated rings. The molecule has 1 atom stereocenters. The molecule has 1 saturated heterocycles. The maximum absolute atomic E-state index is 13.9. The number of rotatable bonds is 19. The van der Waals surface area contributed by atoms with Gasteiger partial charge < -0.3 is 50.5 Å². The predicted molar refractivity (Wildman–Crippen MR) is 270 cm³/mol. The van der Waals surface area contributed by atoms with Crippen molar-refractivity contribution in [3.8, 4) is 5.75 Å². The lowest BCUT2D eigenvalue weighted by molar-refractivity contribution is -0.131. The number of carbonyl (C=O) groups is 4. The largest absolute Gasteiger partial charge is 0.491 e. The van der Waals surface area contributed by atoms with Gasteiger partial charge in [-0.05, 0) is 102 Å². The van der Waals surface area contributed by atoms with Crippen LogP contribution in [0.4, 0.5) is 11.9 Å². The van der Waals surface area contributed by atoms with Crippen molar-refractivity contribution in [1.29, 1.82) is 0 Å². The Kier molecular flexibility index (Phi) is 14.8. The number of nitrogens with zero attached hydrogens (tertiary/aromatic N) is 13. The molecule has 73 heavy (non-hydrogen) atoms. The maximum atomic E-state index is 13.9. The number of aromatic nitrogens is 11. The number of ether oxygens (including phenoxy) is 1. The summed E-state index contributed by atoms with van der Waals surface area (Å²) in [5.41, 5.74) is 22.1. The van der Waals surface area contributed by atoms with Gasteiger partial charge in [-0.3, -0.25) is 39.2 Å². The van der Waals surface area contributed by atoms with Crippen LogP contribution in [0.3, 0.4) is 0 Å². The van der Waals surface area contributed by atoms with Crippen LogP contribution in [0.25, 0.3) is 22.1 Å². The Morgan fingerprint density at radius 2 is 1.48 bits per heavy atom. The summed E-state index contributed by atoms with van der Waals surface area (Å²) in [6, 6.07) is 11.8. The lowest BCUT2D eigenvalue weighted by atomic mass is 9.95. The van der Waals surface area contributed by atoms with Crippen LogP contribution in [0, 0.1) is 13.8 Å². The fourth-order valence-electron chi connectivity index (χ4n) is 9.71. The summed E-state index contributed by atoms with van der Waals surface area (Å²) in [6.07, 6.45) is 5.09. The van der Waals surface area contributed by atoms with Gasteiger partial charge in [0, 0.05) is 57.3 Å². The first-order chi connectivity index (χ1) is 35.2. The van der Waals surface area contributed by atoms with Crippen LogP contribution < -0.4 is 32.6 Å². The molecule has 2 aliphatic heterocycles. The molecule has 9 rings (SSSR count). The van der Waals surface area contributed by atoms with Gasteiger partial charge >= 0.3 is 0 Å². The van der Waals surface area contributed by atoms with Crippen LogP contribution in [0.2, 0.25) is 0 Å². The monoisotopic (exact) mass is 999 g/mol. The number of nitrogens with one attached hydrogen (secondary N) is 2. The van der Waals surface area contributed by atoms with Gasteiger partial charge in [0.05, 0.1) is 47.6 Å². The van der Waals surface area contributed by atoms with Gasteiger partial charge in [-0.25, -0.2) is 9.97 Å². The second-order valence-electron chi connectivity index (χ2n) is 18.3. The molecule has 7 aromatic rings. The van der Waals surface area contributed by atoms with Gasteiger partial charge in [-0.2, -0.15) is 10.2 Å². The van der Waals surface area contributed by atoms with Crippen LogP contribution in [0.1, 0.15) is 105 Å². The third-order valence-electron chi connectivity index (χ3n) is 13.4. The van der Waals surface area contributed by atoms with E-state index in [0.29, 0.717) is 102 Å². The number of imidazole rings is 2. The molecule has 2 aromatic carbocycles. The van der Waals surface area contributed by atoms with Crippen molar-refractivity contribution in [2.24, 2.45) is 17.2 Å². The highest BCUT2D eigenvalue weighted by atomic mass is 16.5. The highest BCUT2D eigenvalue weighted by molar-refractivity contribution is 6.05. The zero-order valence-electron chi connectivity index (χ0n) is 41.5. The van der Waals surface area contributed by atoms with Crippen molar-refractivity contribution >= 4 is 57.6 Å². The van der Waals surface area contributed by atoms with Crippen LogP contribution in [0.15, 0.2) is 54.6 Å². The Bertz CT molecular complexity index is 3220. The molecule has 4 amide bonds. The zero-order valence-corrected chi connectivity index (χ0v) is 41.5. The number of amides is 4. The number of aliphatic hydroxyl groups is 1. The average molecular weight is 999 g/mol. The number of aryl methyl sites for hydroxylation is 4. The van der Waals surface area contributed by atoms with E-state index in [1.807, 2.05) is 49.0 Å². The van der Waals surface area contributed by atoms with E-state index in [1.54, 1.807) is 56.7 Å². The Labute approximate surface area is 420 Å². The van der Waals surface area contributed by atoms with Gasteiger partial charge in [0.25, 0.3) is 11.8 Å². The van der Waals surface area contributed by atoms with E-state index in [-0.39, 0.29) is 48.9 Å². The molecule has 24 heteroatoms. The number of carbonyl (C=O) groups excluding carboxylic acids is 4. The van der Waals surface area contributed by atoms with Crippen molar-refractivity contribution in [2.45, 2.75) is 98.4 Å². The molecule has 0 bridgehead atoms. The molecule has 9 N–H and O–H groups in total. The average Bonchev–Trinajstić information content (AvgIpc) is 4.22. The number of hydrogen-bond donors (Lipinski definition) is 6. The minimum atomic E-state index is -1.22. The molecule has 0 aliphatic carbocycles. The van der Waals surface area contributed by atoms with Crippen LogP contribution >= 0.6 is 0 Å². The minimum absolute atomic E-state index is 0.0241. The summed E-state index contributed by atoms with van der Waals surface area (Å²) in [5, 5.41) is 33.9. The summed E-state index contributed by atoms with van der Waals surface area (Å²) in [4.78, 5) is 66.3. The molecule has 0 spiro atoms. The number of benzene rings is 2. The zero-order chi connectivity index (χ0) is 51.5. The quantitative estimate of drug-likeness (QED) is 0.0386. The molecule has 0 saturated carbocycles. The molecule has 24 nitrogen and oxygen atoms in total. The molecule has 7 heterocycles. The molecule has 384 valence electrons. The highest BCUT2D eigenvalue weighted by Crippen LogP contribution is 2.33. The van der Waals surface area contributed by atoms with Crippen molar-refractivity contribution in [2.75, 3.05) is 50.0 Å². The Hall–Kier alpha value is -7.80. The Morgan fingerprint density at radius 3 is 2.11 bits per heavy atom. The second-order valence-corrected chi connectivity index (χ2v) is 18.3. The van der Waals surface area contributed by atoms with E-state index in [4.69, 9.17) is 31.9 Å². The number of primary amides is 1. The van der Waals surface area contributed by atoms with Crippen molar-refractivity contribution < 1.29 is 29.0 Å². The lowest BCUT2D eigenvalue weighted by Crippen LogP contribution is -2.42. The van der Waals surface area contributed by atoms with E-state index in [1.165, 1.54) is 0 Å². The van der Waals surface area contributed by atoms with Crippen molar-refractivity contribution in [3.63, 3.8) is 0 Å². The number of likely N-dealkylation sites (tertiary alicyclic amines) is 1. The van der Waals surface area contributed by atoms with Crippen LogP contribution in [0.5, 0.6) is 5.75 Å². The molecule has 1 unspecified atom stereocenters. The van der Waals surface area contributed by atoms with Gasteiger partial charge in [0.15, 0.2) is 5.82 Å². The molecule has 2 aliphatic rings. The summed E-state index contributed by atoms with van der Waals surface area (Å²) in [7, 11) is 0. The Morgan fingerprint density at radius 1 is 0.836 bits per heavy atom. The SMILES string of the molecule is CCn1nc(C)cc1C(=O)Nc1nc2cc(C(N)O)ccc2n1C/C=C/Cn1c(NC(=O)c2cc(C)nn2CC)nc2cc(C(N)=O)cc(OCCCN3CCC(c4nnc5n4CCN(C(=O)CN)C5)CC3)c21. The van der Waals surface area contributed by atoms with Crippen LogP contribution in [-0.4, -0.2) is 131 Å². The number of fused-ring (bicyclic) bond motifs is 3. The molecular weight excluding hydrogens is 937 g/mol.